The first-order valence-corrected chi connectivity index (χ1v) is 7.90. The van der Waals surface area contributed by atoms with E-state index in [9.17, 15) is 4.79 Å². The number of carbonyl (C=O) groups excluding carboxylic acids is 1. The summed E-state index contributed by atoms with van der Waals surface area (Å²) in [4.78, 5) is 14.9. The summed E-state index contributed by atoms with van der Waals surface area (Å²) in [5.74, 6) is 0.515. The molecule has 0 radical (unpaired) electrons. The van der Waals surface area contributed by atoms with E-state index in [4.69, 9.17) is 9.47 Å². The van der Waals surface area contributed by atoms with Crippen molar-refractivity contribution in [2.75, 3.05) is 13.7 Å². The van der Waals surface area contributed by atoms with E-state index in [1.54, 1.807) is 0 Å². The van der Waals surface area contributed by atoms with Crippen LogP contribution in [-0.4, -0.2) is 42.7 Å². The van der Waals surface area contributed by atoms with Crippen LogP contribution < -0.4 is 4.74 Å². The number of hydrogen-bond donors (Lipinski definition) is 0. The second-order valence-electron chi connectivity index (χ2n) is 6.44. The Balaban J connectivity index is 1.49. The van der Waals surface area contributed by atoms with Gasteiger partial charge in [0.15, 0.2) is 0 Å². The molecule has 2 bridgehead atoms. The Bertz CT molecular complexity index is 557. The van der Waals surface area contributed by atoms with Crippen LogP contribution in [0.25, 0.3) is 0 Å². The Hall–Kier alpha value is -1.55. The summed E-state index contributed by atoms with van der Waals surface area (Å²) in [7, 11) is 2.19. The fourth-order valence-electron chi connectivity index (χ4n) is 4.05. The van der Waals surface area contributed by atoms with E-state index in [0.717, 1.165) is 30.6 Å². The van der Waals surface area contributed by atoms with Crippen molar-refractivity contribution in [2.24, 2.45) is 0 Å². The molecule has 0 spiro atoms. The lowest BCUT2D eigenvalue weighted by Gasteiger charge is -2.35. The monoisotopic (exact) mass is 287 g/mol. The van der Waals surface area contributed by atoms with E-state index in [-0.39, 0.29) is 12.1 Å². The molecule has 0 N–H and O–H groups in total. The van der Waals surface area contributed by atoms with Crippen molar-refractivity contribution >= 4 is 5.97 Å². The minimum atomic E-state index is -0.220. The minimum Gasteiger partial charge on any atom is -0.492 e. The second-order valence-corrected chi connectivity index (χ2v) is 6.44. The van der Waals surface area contributed by atoms with Crippen molar-refractivity contribution in [1.82, 2.24) is 4.90 Å². The molecular formula is C17H21NO3. The predicted molar refractivity (Wildman–Crippen MR) is 78.7 cm³/mol. The molecule has 0 saturated carbocycles. The molecule has 4 heteroatoms. The normalized spacial score (nSPS) is 30.8. The quantitative estimate of drug-likeness (QED) is 0.783. The van der Waals surface area contributed by atoms with Crippen molar-refractivity contribution in [1.29, 1.82) is 0 Å². The number of benzene rings is 1. The number of piperidine rings is 1. The molecule has 21 heavy (non-hydrogen) atoms. The lowest BCUT2D eigenvalue weighted by molar-refractivity contribution is -0.000686. The van der Waals surface area contributed by atoms with Gasteiger partial charge in [0.2, 0.25) is 0 Å². The summed E-state index contributed by atoms with van der Waals surface area (Å²) in [6.45, 7) is 0.665. The number of esters is 1. The van der Waals surface area contributed by atoms with Crippen LogP contribution in [0.4, 0.5) is 0 Å². The van der Waals surface area contributed by atoms with Gasteiger partial charge in [0.05, 0.1) is 6.61 Å². The molecule has 4 nitrogen and oxygen atoms in total. The van der Waals surface area contributed by atoms with Gasteiger partial charge in [-0.25, -0.2) is 4.79 Å². The van der Waals surface area contributed by atoms with Crippen LogP contribution in [0.2, 0.25) is 0 Å². The third-order valence-electron chi connectivity index (χ3n) is 5.26. The molecular weight excluding hydrogens is 266 g/mol. The SMILES string of the molecule is CN1C2CCC1CC(OC(=O)c1cccc3c1OCC3)C2. The number of hydrogen-bond acceptors (Lipinski definition) is 4. The first-order chi connectivity index (χ1) is 10.2. The molecule has 2 unspecified atom stereocenters. The van der Waals surface area contributed by atoms with Crippen LogP contribution in [0.5, 0.6) is 5.75 Å². The van der Waals surface area contributed by atoms with Gasteiger partial charge >= 0.3 is 5.97 Å². The largest absolute Gasteiger partial charge is 0.492 e. The lowest BCUT2D eigenvalue weighted by Crippen LogP contribution is -2.43. The van der Waals surface area contributed by atoms with Crippen LogP contribution in [0.3, 0.4) is 0 Å². The molecule has 1 aromatic rings. The van der Waals surface area contributed by atoms with Crippen LogP contribution in [0.1, 0.15) is 41.6 Å². The molecule has 0 aliphatic carbocycles. The number of rotatable bonds is 2. The predicted octanol–water partition coefficient (Wildman–Crippen LogP) is 2.40. The van der Waals surface area contributed by atoms with E-state index in [1.165, 1.54) is 12.8 Å². The Morgan fingerprint density at radius 2 is 2.05 bits per heavy atom. The Morgan fingerprint density at radius 3 is 2.81 bits per heavy atom. The van der Waals surface area contributed by atoms with Crippen LogP contribution in [-0.2, 0) is 11.2 Å². The zero-order chi connectivity index (χ0) is 14.4. The van der Waals surface area contributed by atoms with Gasteiger partial charge in [-0.1, -0.05) is 12.1 Å². The third kappa shape index (κ3) is 2.22. The second kappa shape index (κ2) is 5.02. The van der Waals surface area contributed by atoms with Gasteiger partial charge in [-0.3, -0.25) is 0 Å². The van der Waals surface area contributed by atoms with Crippen LogP contribution in [0, 0.1) is 0 Å². The van der Waals surface area contributed by atoms with Crippen LogP contribution >= 0.6 is 0 Å². The van der Waals surface area contributed by atoms with Gasteiger partial charge in [-0.05, 0) is 31.5 Å². The van der Waals surface area contributed by atoms with Gasteiger partial charge in [0.1, 0.15) is 17.4 Å². The number of carbonyl (C=O) groups is 1. The highest BCUT2D eigenvalue weighted by molar-refractivity contribution is 5.93. The molecule has 0 amide bonds. The van der Waals surface area contributed by atoms with Crippen molar-refractivity contribution in [3.05, 3.63) is 29.3 Å². The number of fused-ring (bicyclic) bond motifs is 3. The molecule has 3 aliphatic heterocycles. The van der Waals surface area contributed by atoms with Gasteiger partial charge in [0.25, 0.3) is 0 Å². The zero-order valence-electron chi connectivity index (χ0n) is 12.4. The average molecular weight is 287 g/mol. The van der Waals surface area contributed by atoms with E-state index in [0.29, 0.717) is 24.3 Å². The summed E-state index contributed by atoms with van der Waals surface area (Å²) in [6, 6.07) is 6.92. The van der Waals surface area contributed by atoms with E-state index in [2.05, 4.69) is 11.9 Å². The highest BCUT2D eigenvalue weighted by atomic mass is 16.5. The summed E-state index contributed by atoms with van der Waals surface area (Å²) < 4.78 is 11.4. The molecule has 3 heterocycles. The zero-order valence-corrected chi connectivity index (χ0v) is 12.4. The average Bonchev–Trinajstić information content (AvgIpc) is 3.01. The summed E-state index contributed by atoms with van der Waals surface area (Å²) in [5.41, 5.74) is 1.71. The summed E-state index contributed by atoms with van der Waals surface area (Å²) >= 11 is 0. The molecule has 2 saturated heterocycles. The number of ether oxygens (including phenoxy) is 2. The summed E-state index contributed by atoms with van der Waals surface area (Å²) in [6.07, 6.45) is 5.35. The van der Waals surface area contributed by atoms with Crippen molar-refractivity contribution in [3.63, 3.8) is 0 Å². The van der Waals surface area contributed by atoms with Crippen molar-refractivity contribution in [2.45, 2.75) is 50.3 Å². The maximum atomic E-state index is 12.5. The third-order valence-corrected chi connectivity index (χ3v) is 5.26. The molecule has 0 aromatic heterocycles. The van der Waals surface area contributed by atoms with E-state index in [1.807, 2.05) is 18.2 Å². The standard InChI is InChI=1S/C17H21NO3/c1-18-12-5-6-13(18)10-14(9-12)21-17(19)15-4-2-3-11-7-8-20-16(11)15/h2-4,12-14H,5-10H2,1H3. The molecule has 4 rings (SSSR count). The lowest BCUT2D eigenvalue weighted by atomic mass is 10.0. The molecule has 2 fully saturated rings. The Kier molecular flexibility index (Phi) is 3.14. The Morgan fingerprint density at radius 1 is 1.29 bits per heavy atom. The minimum absolute atomic E-state index is 0.0588. The van der Waals surface area contributed by atoms with E-state index < -0.39 is 0 Å². The number of nitrogens with zero attached hydrogens (tertiary/aromatic N) is 1. The highest BCUT2D eigenvalue weighted by Gasteiger charge is 2.40. The molecule has 112 valence electrons. The topological polar surface area (TPSA) is 38.8 Å². The van der Waals surface area contributed by atoms with Gasteiger partial charge in [-0.2, -0.15) is 0 Å². The Labute approximate surface area is 125 Å². The van der Waals surface area contributed by atoms with Gasteiger partial charge < -0.3 is 14.4 Å². The maximum absolute atomic E-state index is 12.5. The molecule has 3 aliphatic rings. The van der Waals surface area contributed by atoms with E-state index >= 15 is 0 Å². The number of para-hydroxylation sites is 1. The fourth-order valence-corrected chi connectivity index (χ4v) is 4.05. The maximum Gasteiger partial charge on any atom is 0.342 e. The highest BCUT2D eigenvalue weighted by Crippen LogP contribution is 2.36. The van der Waals surface area contributed by atoms with Crippen molar-refractivity contribution < 1.29 is 14.3 Å². The first kappa shape index (κ1) is 13.1. The fraction of sp³-hybridized carbons (Fsp3) is 0.588. The summed E-state index contributed by atoms with van der Waals surface area (Å²) in [5, 5.41) is 0. The van der Waals surface area contributed by atoms with Crippen LogP contribution in [0.15, 0.2) is 18.2 Å². The molecule has 2 atom stereocenters. The van der Waals surface area contributed by atoms with Gasteiger partial charge in [-0.15, -0.1) is 0 Å². The smallest absolute Gasteiger partial charge is 0.342 e. The molecule has 1 aromatic carbocycles. The van der Waals surface area contributed by atoms with Crippen molar-refractivity contribution in [3.8, 4) is 5.75 Å². The first-order valence-electron chi connectivity index (χ1n) is 7.90. The van der Waals surface area contributed by atoms with Gasteiger partial charge in [0, 0.05) is 31.3 Å².